The molecular formula is C27H42N4O2. The molecule has 2 heterocycles. The molecule has 2 N–H and O–H groups in total. The molecule has 3 fully saturated rings. The van der Waals surface area contributed by atoms with Crippen LogP contribution in [0.5, 0.6) is 0 Å². The van der Waals surface area contributed by atoms with Gasteiger partial charge in [-0.3, -0.25) is 9.59 Å². The lowest BCUT2D eigenvalue weighted by Gasteiger charge is -2.41. The van der Waals surface area contributed by atoms with E-state index in [0.717, 1.165) is 64.7 Å². The molecular weight excluding hydrogens is 412 g/mol. The molecule has 3 aliphatic rings. The van der Waals surface area contributed by atoms with Crippen molar-refractivity contribution in [3.05, 3.63) is 35.9 Å². The SMILES string of the molecule is CNC(C)C(=O)N[C@H](C(=O)N1CC[C@@H]2CCN(CCc3ccccc3)C[C@H]21)C1CCCCC1. The Hall–Kier alpha value is -1.92. The summed E-state index contributed by atoms with van der Waals surface area (Å²) in [7, 11) is 1.79. The predicted molar refractivity (Wildman–Crippen MR) is 132 cm³/mol. The van der Waals surface area contributed by atoms with Gasteiger partial charge in [-0.15, -0.1) is 0 Å². The highest BCUT2D eigenvalue weighted by molar-refractivity contribution is 5.90. The van der Waals surface area contributed by atoms with Gasteiger partial charge in [-0.2, -0.15) is 0 Å². The van der Waals surface area contributed by atoms with E-state index in [-0.39, 0.29) is 35.9 Å². The molecule has 182 valence electrons. The normalized spacial score (nSPS) is 25.9. The molecule has 2 saturated heterocycles. The van der Waals surface area contributed by atoms with Gasteiger partial charge in [0.05, 0.1) is 6.04 Å². The van der Waals surface area contributed by atoms with E-state index >= 15 is 0 Å². The Morgan fingerprint density at radius 3 is 2.48 bits per heavy atom. The van der Waals surface area contributed by atoms with E-state index in [1.165, 1.54) is 18.4 Å². The maximum atomic E-state index is 13.9. The monoisotopic (exact) mass is 454 g/mol. The highest BCUT2D eigenvalue weighted by Crippen LogP contribution is 2.34. The van der Waals surface area contributed by atoms with Crippen molar-refractivity contribution in [2.45, 2.75) is 76.4 Å². The molecule has 6 heteroatoms. The first-order chi connectivity index (χ1) is 16.1. The van der Waals surface area contributed by atoms with Gasteiger partial charge in [0.15, 0.2) is 0 Å². The predicted octanol–water partition coefficient (Wildman–Crippen LogP) is 2.82. The van der Waals surface area contributed by atoms with E-state index < -0.39 is 0 Å². The van der Waals surface area contributed by atoms with E-state index in [1.54, 1.807) is 7.05 Å². The van der Waals surface area contributed by atoms with E-state index in [2.05, 4.69) is 50.8 Å². The number of benzene rings is 1. The first-order valence-corrected chi connectivity index (χ1v) is 13.1. The molecule has 2 aliphatic heterocycles. The average molecular weight is 455 g/mol. The van der Waals surface area contributed by atoms with Crippen molar-refractivity contribution in [2.75, 3.05) is 33.2 Å². The van der Waals surface area contributed by atoms with Gasteiger partial charge in [-0.1, -0.05) is 49.6 Å². The summed E-state index contributed by atoms with van der Waals surface area (Å²) in [4.78, 5) is 31.3. The molecule has 0 spiro atoms. The molecule has 0 aromatic heterocycles. The summed E-state index contributed by atoms with van der Waals surface area (Å²) in [6, 6.07) is 10.3. The quantitative estimate of drug-likeness (QED) is 0.634. The van der Waals surface area contributed by atoms with Gasteiger partial charge < -0.3 is 20.4 Å². The minimum Gasteiger partial charge on any atom is -0.343 e. The number of hydrogen-bond acceptors (Lipinski definition) is 4. The number of piperidine rings is 1. The number of nitrogens with one attached hydrogen (secondary N) is 2. The van der Waals surface area contributed by atoms with Gasteiger partial charge in [0, 0.05) is 25.7 Å². The zero-order valence-corrected chi connectivity index (χ0v) is 20.5. The van der Waals surface area contributed by atoms with Crippen LogP contribution in [0, 0.1) is 11.8 Å². The fraction of sp³-hybridized carbons (Fsp3) is 0.704. The van der Waals surface area contributed by atoms with Crippen LogP contribution in [-0.4, -0.2) is 73.0 Å². The first kappa shape index (κ1) is 24.2. The molecule has 0 bridgehead atoms. The number of fused-ring (bicyclic) bond motifs is 1. The summed E-state index contributed by atoms with van der Waals surface area (Å²) >= 11 is 0. The smallest absolute Gasteiger partial charge is 0.245 e. The van der Waals surface area contributed by atoms with Crippen LogP contribution in [-0.2, 0) is 16.0 Å². The van der Waals surface area contributed by atoms with Crippen molar-refractivity contribution >= 4 is 11.8 Å². The molecule has 0 radical (unpaired) electrons. The van der Waals surface area contributed by atoms with Crippen molar-refractivity contribution < 1.29 is 9.59 Å². The van der Waals surface area contributed by atoms with Crippen LogP contribution < -0.4 is 10.6 Å². The maximum absolute atomic E-state index is 13.9. The van der Waals surface area contributed by atoms with Crippen molar-refractivity contribution in [2.24, 2.45) is 11.8 Å². The summed E-state index contributed by atoms with van der Waals surface area (Å²) in [5.74, 6) is 0.957. The molecule has 4 rings (SSSR count). The standard InChI is InChI=1S/C27H42N4O2/c1-20(28-2)26(32)29-25(23-11-7-4-8-12-23)27(33)31-18-15-22-14-17-30(19-24(22)31)16-13-21-9-5-3-6-10-21/h3,5-6,9-10,20,22-25,28H,4,7-8,11-19H2,1-2H3,(H,29,32)/t20?,22-,24+,25-/m0/s1. The summed E-state index contributed by atoms with van der Waals surface area (Å²) in [6.45, 7) is 5.81. The van der Waals surface area contributed by atoms with Crippen molar-refractivity contribution in [1.82, 2.24) is 20.4 Å². The third-order valence-electron chi connectivity index (χ3n) is 8.30. The van der Waals surface area contributed by atoms with Crippen LogP contribution in [0.2, 0.25) is 0 Å². The second-order valence-electron chi connectivity index (χ2n) is 10.4. The number of likely N-dealkylation sites (N-methyl/N-ethyl adjacent to an activating group) is 1. The molecule has 1 aromatic carbocycles. The topological polar surface area (TPSA) is 64.7 Å². The number of nitrogens with zero attached hydrogens (tertiary/aromatic N) is 2. The summed E-state index contributed by atoms with van der Waals surface area (Å²) in [5.41, 5.74) is 1.37. The Kier molecular flexibility index (Phi) is 8.42. The number of hydrogen-bond donors (Lipinski definition) is 2. The van der Waals surface area contributed by atoms with Gasteiger partial charge >= 0.3 is 0 Å². The van der Waals surface area contributed by atoms with Gasteiger partial charge in [-0.05, 0) is 70.0 Å². The Morgan fingerprint density at radius 2 is 1.76 bits per heavy atom. The van der Waals surface area contributed by atoms with Gasteiger partial charge in [0.25, 0.3) is 0 Å². The van der Waals surface area contributed by atoms with Crippen LogP contribution >= 0.6 is 0 Å². The van der Waals surface area contributed by atoms with Crippen LogP contribution in [0.3, 0.4) is 0 Å². The lowest BCUT2D eigenvalue weighted by atomic mass is 9.83. The largest absolute Gasteiger partial charge is 0.343 e. The molecule has 6 nitrogen and oxygen atoms in total. The third kappa shape index (κ3) is 5.96. The van der Waals surface area contributed by atoms with Crippen molar-refractivity contribution in [3.63, 3.8) is 0 Å². The highest BCUT2D eigenvalue weighted by atomic mass is 16.2. The Bertz CT molecular complexity index is 780. The Labute approximate surface area is 199 Å². The number of likely N-dealkylation sites (tertiary alicyclic amines) is 2. The van der Waals surface area contributed by atoms with E-state index in [1.807, 2.05) is 6.92 Å². The fourth-order valence-corrected chi connectivity index (χ4v) is 6.05. The molecule has 2 amide bonds. The minimum absolute atomic E-state index is 0.0645. The number of amides is 2. The molecule has 1 aliphatic carbocycles. The van der Waals surface area contributed by atoms with Crippen LogP contribution in [0.25, 0.3) is 0 Å². The number of carbonyl (C=O) groups is 2. The molecule has 1 unspecified atom stereocenters. The zero-order valence-electron chi connectivity index (χ0n) is 20.5. The average Bonchev–Trinajstić information content (AvgIpc) is 3.29. The van der Waals surface area contributed by atoms with Gasteiger partial charge in [-0.25, -0.2) is 0 Å². The molecule has 4 atom stereocenters. The lowest BCUT2D eigenvalue weighted by molar-refractivity contribution is -0.140. The lowest BCUT2D eigenvalue weighted by Crippen LogP contribution is -2.58. The summed E-state index contributed by atoms with van der Waals surface area (Å²) in [5, 5.41) is 6.18. The van der Waals surface area contributed by atoms with Gasteiger partial charge in [0.1, 0.15) is 6.04 Å². The van der Waals surface area contributed by atoms with E-state index in [9.17, 15) is 9.59 Å². The maximum Gasteiger partial charge on any atom is 0.245 e. The molecule has 1 saturated carbocycles. The highest BCUT2D eigenvalue weighted by Gasteiger charge is 2.44. The fourth-order valence-electron chi connectivity index (χ4n) is 6.05. The van der Waals surface area contributed by atoms with E-state index in [4.69, 9.17) is 0 Å². The summed E-state index contributed by atoms with van der Waals surface area (Å²) < 4.78 is 0. The van der Waals surface area contributed by atoms with Crippen molar-refractivity contribution in [1.29, 1.82) is 0 Å². The second-order valence-corrected chi connectivity index (χ2v) is 10.4. The van der Waals surface area contributed by atoms with Crippen LogP contribution in [0.1, 0.15) is 57.4 Å². The zero-order chi connectivity index (χ0) is 23.2. The molecule has 33 heavy (non-hydrogen) atoms. The van der Waals surface area contributed by atoms with Gasteiger partial charge in [0.2, 0.25) is 11.8 Å². The van der Waals surface area contributed by atoms with Crippen molar-refractivity contribution in [3.8, 4) is 0 Å². The summed E-state index contributed by atoms with van der Waals surface area (Å²) in [6.07, 6.45) is 8.95. The van der Waals surface area contributed by atoms with Crippen LogP contribution in [0.15, 0.2) is 30.3 Å². The minimum atomic E-state index is -0.382. The Balaban J connectivity index is 1.42. The molecule has 1 aromatic rings. The Morgan fingerprint density at radius 1 is 1.03 bits per heavy atom. The van der Waals surface area contributed by atoms with E-state index in [0.29, 0.717) is 5.92 Å². The second kappa shape index (κ2) is 11.5. The van der Waals surface area contributed by atoms with Crippen LogP contribution in [0.4, 0.5) is 0 Å². The number of rotatable bonds is 8. The third-order valence-corrected chi connectivity index (χ3v) is 8.30. The first-order valence-electron chi connectivity index (χ1n) is 13.1. The number of carbonyl (C=O) groups excluding carboxylic acids is 2.